The molecule has 20 heavy (non-hydrogen) atoms. The lowest BCUT2D eigenvalue weighted by Gasteiger charge is -1.98. The van der Waals surface area contributed by atoms with Crippen LogP contribution in [0, 0.1) is 12.7 Å². The Morgan fingerprint density at radius 2 is 1.70 bits per heavy atom. The minimum absolute atomic E-state index is 0.217. The first kappa shape index (κ1) is 13.0. The largest absolute Gasteiger partial charge is 0.241 e. The van der Waals surface area contributed by atoms with Crippen molar-refractivity contribution in [3.8, 4) is 11.3 Å². The van der Waals surface area contributed by atoms with E-state index < -0.39 is 0 Å². The molecule has 100 valence electrons. The predicted octanol–water partition coefficient (Wildman–Crippen LogP) is 4.85. The van der Waals surface area contributed by atoms with E-state index in [9.17, 15) is 4.39 Å². The van der Waals surface area contributed by atoms with Crippen LogP contribution in [0.1, 0.15) is 15.4 Å². The van der Waals surface area contributed by atoms with Gasteiger partial charge in [0, 0.05) is 16.9 Å². The van der Waals surface area contributed by atoms with Gasteiger partial charge in [0.05, 0.1) is 10.7 Å². The molecule has 0 aliphatic carbocycles. The summed E-state index contributed by atoms with van der Waals surface area (Å²) in [5.74, 6) is -0.217. The first-order chi connectivity index (χ1) is 9.72. The van der Waals surface area contributed by atoms with Gasteiger partial charge in [-0.1, -0.05) is 30.3 Å². The van der Waals surface area contributed by atoms with E-state index >= 15 is 0 Å². The molecule has 0 atom stereocenters. The molecule has 1 aromatic heterocycles. The molecule has 0 fully saturated rings. The molecule has 0 spiro atoms. The van der Waals surface area contributed by atoms with Crippen molar-refractivity contribution in [1.82, 2.24) is 4.98 Å². The highest BCUT2D eigenvalue weighted by Gasteiger charge is 2.10. The summed E-state index contributed by atoms with van der Waals surface area (Å²) < 4.78 is 13.0. The second kappa shape index (κ2) is 5.55. The first-order valence-corrected chi connectivity index (χ1v) is 7.30. The van der Waals surface area contributed by atoms with Crippen LogP contribution < -0.4 is 0 Å². The molecule has 1 nitrogen and oxygen atoms in total. The molecule has 3 aromatic rings. The van der Waals surface area contributed by atoms with E-state index in [0.717, 1.165) is 22.7 Å². The molecule has 0 aliphatic rings. The number of hydrogen-bond acceptors (Lipinski definition) is 2. The Labute approximate surface area is 121 Å². The van der Waals surface area contributed by atoms with E-state index in [4.69, 9.17) is 4.98 Å². The maximum atomic E-state index is 13.0. The van der Waals surface area contributed by atoms with Gasteiger partial charge in [0.15, 0.2) is 0 Å². The predicted molar refractivity (Wildman–Crippen MR) is 81.5 cm³/mol. The minimum Gasteiger partial charge on any atom is -0.241 e. The molecule has 0 unspecified atom stereocenters. The highest BCUT2D eigenvalue weighted by molar-refractivity contribution is 7.12. The van der Waals surface area contributed by atoms with Crippen LogP contribution >= 0.6 is 11.3 Å². The van der Waals surface area contributed by atoms with E-state index in [0.29, 0.717) is 0 Å². The number of rotatable bonds is 3. The van der Waals surface area contributed by atoms with Crippen molar-refractivity contribution in [2.45, 2.75) is 13.3 Å². The van der Waals surface area contributed by atoms with Crippen LogP contribution in [0.5, 0.6) is 0 Å². The van der Waals surface area contributed by atoms with Gasteiger partial charge in [0.25, 0.3) is 0 Å². The van der Waals surface area contributed by atoms with E-state index in [-0.39, 0.29) is 5.82 Å². The maximum Gasteiger partial charge on any atom is 0.123 e. The topological polar surface area (TPSA) is 12.9 Å². The summed E-state index contributed by atoms with van der Waals surface area (Å²) in [7, 11) is 0. The fourth-order valence-corrected chi connectivity index (χ4v) is 3.16. The Balaban J connectivity index is 1.89. The zero-order chi connectivity index (χ0) is 13.9. The summed E-state index contributed by atoms with van der Waals surface area (Å²) in [5, 5.41) is 1.09. The number of benzene rings is 2. The molecule has 0 radical (unpaired) electrons. The number of halogens is 1. The van der Waals surface area contributed by atoms with Crippen molar-refractivity contribution < 1.29 is 4.39 Å². The van der Waals surface area contributed by atoms with Crippen molar-refractivity contribution >= 4 is 11.3 Å². The number of nitrogens with zero attached hydrogens (tertiary/aromatic N) is 1. The molecule has 1 heterocycles. The van der Waals surface area contributed by atoms with Crippen LogP contribution in [0.2, 0.25) is 0 Å². The fourth-order valence-electron chi connectivity index (χ4n) is 2.17. The quantitative estimate of drug-likeness (QED) is 0.669. The molecule has 3 heteroatoms. The Morgan fingerprint density at radius 1 is 1.00 bits per heavy atom. The lowest BCUT2D eigenvalue weighted by atomic mass is 10.1. The van der Waals surface area contributed by atoms with Crippen molar-refractivity contribution in [2.24, 2.45) is 0 Å². The van der Waals surface area contributed by atoms with Gasteiger partial charge in [0.1, 0.15) is 5.82 Å². The average Bonchev–Trinajstić information content (AvgIpc) is 2.81. The molecule has 3 rings (SSSR count). The van der Waals surface area contributed by atoms with Crippen LogP contribution in [0.3, 0.4) is 0 Å². The zero-order valence-electron chi connectivity index (χ0n) is 11.1. The van der Waals surface area contributed by atoms with Gasteiger partial charge in [0.2, 0.25) is 0 Å². The van der Waals surface area contributed by atoms with Crippen molar-refractivity contribution in [3.05, 3.63) is 75.9 Å². The smallest absolute Gasteiger partial charge is 0.123 e. The molecular formula is C17H14FNS. The summed E-state index contributed by atoms with van der Waals surface area (Å²) in [6.45, 7) is 2.06. The van der Waals surface area contributed by atoms with Gasteiger partial charge in [-0.3, -0.25) is 0 Å². The fraction of sp³-hybridized carbons (Fsp3) is 0.118. The summed E-state index contributed by atoms with van der Waals surface area (Å²) >= 11 is 1.70. The molecule has 0 amide bonds. The Kier molecular flexibility index (Phi) is 3.61. The van der Waals surface area contributed by atoms with Crippen LogP contribution in [-0.2, 0) is 6.42 Å². The summed E-state index contributed by atoms with van der Waals surface area (Å²) in [6.07, 6.45) is 0.841. The molecule has 0 bridgehead atoms. The van der Waals surface area contributed by atoms with Gasteiger partial charge in [-0.2, -0.15) is 0 Å². The standard InChI is InChI=1S/C17H14FNS/c1-12-17(14-7-9-15(18)10-8-14)19-16(20-12)11-13-5-3-2-4-6-13/h2-10H,11H2,1H3. The number of aryl methyl sites for hydroxylation is 1. The Bertz CT molecular complexity index is 702. The molecular weight excluding hydrogens is 269 g/mol. The molecule has 0 saturated heterocycles. The first-order valence-electron chi connectivity index (χ1n) is 6.48. The Hall–Kier alpha value is -2.00. The molecule has 0 aliphatic heterocycles. The zero-order valence-corrected chi connectivity index (χ0v) is 12.0. The normalized spacial score (nSPS) is 10.7. The van der Waals surface area contributed by atoms with Gasteiger partial charge in [-0.15, -0.1) is 11.3 Å². The van der Waals surface area contributed by atoms with Crippen molar-refractivity contribution in [3.63, 3.8) is 0 Å². The van der Waals surface area contributed by atoms with E-state index in [1.807, 2.05) is 18.2 Å². The number of hydrogen-bond donors (Lipinski definition) is 0. The van der Waals surface area contributed by atoms with Crippen molar-refractivity contribution in [2.75, 3.05) is 0 Å². The second-order valence-electron chi connectivity index (χ2n) is 4.68. The maximum absolute atomic E-state index is 13.0. The van der Waals surface area contributed by atoms with Gasteiger partial charge in [-0.25, -0.2) is 9.37 Å². The highest BCUT2D eigenvalue weighted by atomic mass is 32.1. The average molecular weight is 283 g/mol. The minimum atomic E-state index is -0.217. The molecule has 2 aromatic carbocycles. The summed E-state index contributed by atoms with van der Waals surface area (Å²) in [5.41, 5.74) is 3.19. The molecule has 0 saturated carbocycles. The van der Waals surface area contributed by atoms with Crippen molar-refractivity contribution in [1.29, 1.82) is 0 Å². The van der Waals surface area contributed by atoms with Crippen LogP contribution in [0.25, 0.3) is 11.3 Å². The van der Waals surface area contributed by atoms with E-state index in [1.54, 1.807) is 23.5 Å². The SMILES string of the molecule is Cc1sc(Cc2ccccc2)nc1-c1ccc(F)cc1. The van der Waals surface area contributed by atoms with E-state index in [1.165, 1.54) is 22.6 Å². The van der Waals surface area contributed by atoms with Gasteiger partial charge >= 0.3 is 0 Å². The monoisotopic (exact) mass is 283 g/mol. The third kappa shape index (κ3) is 2.78. The van der Waals surface area contributed by atoms with Crippen LogP contribution in [-0.4, -0.2) is 4.98 Å². The molecule has 0 N–H and O–H groups in total. The van der Waals surface area contributed by atoms with Crippen LogP contribution in [0.4, 0.5) is 4.39 Å². The Morgan fingerprint density at radius 3 is 2.40 bits per heavy atom. The van der Waals surface area contributed by atoms with Crippen LogP contribution in [0.15, 0.2) is 54.6 Å². The third-order valence-electron chi connectivity index (χ3n) is 3.16. The summed E-state index contributed by atoms with van der Waals surface area (Å²) in [4.78, 5) is 5.87. The summed E-state index contributed by atoms with van der Waals surface area (Å²) in [6, 6.07) is 16.8. The van der Waals surface area contributed by atoms with Gasteiger partial charge < -0.3 is 0 Å². The second-order valence-corrected chi connectivity index (χ2v) is 5.97. The van der Waals surface area contributed by atoms with Gasteiger partial charge in [-0.05, 0) is 36.8 Å². The highest BCUT2D eigenvalue weighted by Crippen LogP contribution is 2.28. The number of thiazole rings is 1. The van der Waals surface area contributed by atoms with E-state index in [2.05, 4.69) is 19.1 Å². The number of aromatic nitrogens is 1. The lowest BCUT2D eigenvalue weighted by Crippen LogP contribution is -1.87. The third-order valence-corrected chi connectivity index (χ3v) is 4.13. The lowest BCUT2D eigenvalue weighted by molar-refractivity contribution is 0.628.